The van der Waals surface area contributed by atoms with Crippen LogP contribution >= 0.6 is 0 Å². The number of nitrogens with zero attached hydrogens (tertiary/aromatic N) is 2. The first-order valence-electron chi connectivity index (χ1n) is 7.70. The molecule has 1 aliphatic carbocycles. The third-order valence-electron chi connectivity index (χ3n) is 4.18. The first kappa shape index (κ1) is 14.5. The number of piperazine rings is 1. The van der Waals surface area contributed by atoms with Gasteiger partial charge < -0.3 is 10.2 Å². The molecule has 1 amide bonds. The molecule has 3 rings (SSSR count). The summed E-state index contributed by atoms with van der Waals surface area (Å²) >= 11 is 0. The highest BCUT2D eigenvalue weighted by atomic mass is 19.1. The molecule has 1 N–H and O–H groups in total. The summed E-state index contributed by atoms with van der Waals surface area (Å²) in [4.78, 5) is 16.6. The number of hydrogen-bond donors (Lipinski definition) is 1. The molecule has 0 atom stereocenters. The van der Waals surface area contributed by atoms with Crippen LogP contribution in [0.2, 0.25) is 0 Å². The standard InChI is InChI=1S/C16H22FN3O/c17-15-4-2-1-3-13(15)11-20(14-5-6-14)16(21)12-19-9-7-18-8-10-19/h1-4,14,18H,5-12H2. The van der Waals surface area contributed by atoms with Crippen molar-refractivity contribution in [2.75, 3.05) is 32.7 Å². The quantitative estimate of drug-likeness (QED) is 0.886. The van der Waals surface area contributed by atoms with Gasteiger partial charge >= 0.3 is 0 Å². The maximum Gasteiger partial charge on any atom is 0.237 e. The van der Waals surface area contributed by atoms with Crippen molar-refractivity contribution in [1.29, 1.82) is 0 Å². The van der Waals surface area contributed by atoms with Crippen molar-refractivity contribution in [3.8, 4) is 0 Å². The Morgan fingerprint density at radius 2 is 2.00 bits per heavy atom. The smallest absolute Gasteiger partial charge is 0.237 e. The van der Waals surface area contributed by atoms with Crippen LogP contribution in [-0.2, 0) is 11.3 Å². The fraction of sp³-hybridized carbons (Fsp3) is 0.562. The number of halogens is 1. The van der Waals surface area contributed by atoms with Gasteiger partial charge in [-0.15, -0.1) is 0 Å². The van der Waals surface area contributed by atoms with Crippen LogP contribution in [0.25, 0.3) is 0 Å². The van der Waals surface area contributed by atoms with Crippen LogP contribution < -0.4 is 5.32 Å². The Balaban J connectivity index is 1.63. The number of carbonyl (C=O) groups excluding carboxylic acids is 1. The fourth-order valence-electron chi connectivity index (χ4n) is 2.77. The second-order valence-electron chi connectivity index (χ2n) is 5.87. The summed E-state index contributed by atoms with van der Waals surface area (Å²) < 4.78 is 13.8. The fourth-order valence-corrected chi connectivity index (χ4v) is 2.77. The Labute approximate surface area is 124 Å². The topological polar surface area (TPSA) is 35.6 Å². The molecule has 2 aliphatic rings. The summed E-state index contributed by atoms with van der Waals surface area (Å²) in [5.41, 5.74) is 0.609. The minimum atomic E-state index is -0.224. The minimum absolute atomic E-state index is 0.127. The van der Waals surface area contributed by atoms with Crippen molar-refractivity contribution in [3.05, 3.63) is 35.6 Å². The molecule has 1 saturated carbocycles. The molecule has 1 heterocycles. The van der Waals surface area contributed by atoms with E-state index in [9.17, 15) is 9.18 Å². The minimum Gasteiger partial charge on any atom is -0.334 e. The maximum absolute atomic E-state index is 13.8. The van der Waals surface area contributed by atoms with Gasteiger partial charge in [0.2, 0.25) is 5.91 Å². The monoisotopic (exact) mass is 291 g/mol. The summed E-state index contributed by atoms with van der Waals surface area (Å²) in [5, 5.41) is 3.28. The lowest BCUT2D eigenvalue weighted by Gasteiger charge is -2.30. The zero-order valence-corrected chi connectivity index (χ0v) is 12.2. The summed E-state index contributed by atoms with van der Waals surface area (Å²) in [6, 6.07) is 7.04. The normalized spacial score (nSPS) is 19.5. The summed E-state index contributed by atoms with van der Waals surface area (Å²) in [7, 11) is 0. The van der Waals surface area contributed by atoms with Crippen LogP contribution in [-0.4, -0.2) is 54.5 Å². The van der Waals surface area contributed by atoms with E-state index in [0.717, 1.165) is 39.0 Å². The molecule has 1 saturated heterocycles. The SMILES string of the molecule is O=C(CN1CCNCC1)N(Cc1ccccc1F)C1CC1. The molecular formula is C16H22FN3O. The van der Waals surface area contributed by atoms with Gasteiger partial charge in [0, 0.05) is 44.3 Å². The van der Waals surface area contributed by atoms with Gasteiger partial charge in [-0.05, 0) is 18.9 Å². The van der Waals surface area contributed by atoms with Gasteiger partial charge in [-0.2, -0.15) is 0 Å². The first-order chi connectivity index (χ1) is 10.2. The summed E-state index contributed by atoms with van der Waals surface area (Å²) in [5.74, 6) is -0.0965. The van der Waals surface area contributed by atoms with Crippen molar-refractivity contribution in [2.45, 2.75) is 25.4 Å². The Kier molecular flexibility index (Phi) is 4.51. The Morgan fingerprint density at radius 1 is 1.29 bits per heavy atom. The molecule has 2 fully saturated rings. The zero-order valence-electron chi connectivity index (χ0n) is 12.2. The van der Waals surface area contributed by atoms with E-state index in [1.165, 1.54) is 6.07 Å². The molecule has 1 aromatic carbocycles. The Bertz CT molecular complexity index is 498. The number of hydrogen-bond acceptors (Lipinski definition) is 3. The number of carbonyl (C=O) groups is 1. The van der Waals surface area contributed by atoms with Gasteiger partial charge in [0.05, 0.1) is 6.54 Å². The average Bonchev–Trinajstić information content (AvgIpc) is 3.32. The molecule has 1 aliphatic heterocycles. The van der Waals surface area contributed by atoms with Gasteiger partial charge in [0.1, 0.15) is 5.82 Å². The number of nitrogens with one attached hydrogen (secondary N) is 1. The second-order valence-corrected chi connectivity index (χ2v) is 5.87. The van der Waals surface area contributed by atoms with Crippen molar-refractivity contribution in [1.82, 2.24) is 15.1 Å². The summed E-state index contributed by atoms with van der Waals surface area (Å²) in [6.07, 6.45) is 2.09. The molecule has 0 aromatic heterocycles. The van der Waals surface area contributed by atoms with E-state index in [-0.39, 0.29) is 11.7 Å². The average molecular weight is 291 g/mol. The van der Waals surface area contributed by atoms with Crippen LogP contribution in [0.15, 0.2) is 24.3 Å². The highest BCUT2D eigenvalue weighted by molar-refractivity contribution is 5.79. The first-order valence-corrected chi connectivity index (χ1v) is 7.70. The van der Waals surface area contributed by atoms with Gasteiger partial charge in [0.25, 0.3) is 0 Å². The Hall–Kier alpha value is -1.46. The van der Waals surface area contributed by atoms with Gasteiger partial charge in [-0.3, -0.25) is 9.69 Å². The highest BCUT2D eigenvalue weighted by Crippen LogP contribution is 2.29. The zero-order chi connectivity index (χ0) is 14.7. The van der Waals surface area contributed by atoms with Gasteiger partial charge in [0.15, 0.2) is 0 Å². The largest absolute Gasteiger partial charge is 0.334 e. The van der Waals surface area contributed by atoms with Crippen LogP contribution in [0.5, 0.6) is 0 Å². The van der Waals surface area contributed by atoms with Crippen LogP contribution in [0, 0.1) is 5.82 Å². The van der Waals surface area contributed by atoms with Crippen molar-refractivity contribution in [2.24, 2.45) is 0 Å². The molecule has 0 bridgehead atoms. The third-order valence-corrected chi connectivity index (χ3v) is 4.18. The number of rotatable bonds is 5. The predicted octanol–water partition coefficient (Wildman–Crippen LogP) is 1.22. The van der Waals surface area contributed by atoms with E-state index in [2.05, 4.69) is 10.2 Å². The second kappa shape index (κ2) is 6.54. The van der Waals surface area contributed by atoms with E-state index in [1.54, 1.807) is 12.1 Å². The Morgan fingerprint density at radius 3 is 2.67 bits per heavy atom. The molecule has 1 aromatic rings. The molecule has 114 valence electrons. The molecule has 5 heteroatoms. The molecule has 21 heavy (non-hydrogen) atoms. The van der Waals surface area contributed by atoms with Gasteiger partial charge in [-0.25, -0.2) is 4.39 Å². The highest BCUT2D eigenvalue weighted by Gasteiger charge is 2.33. The molecule has 4 nitrogen and oxygen atoms in total. The van der Waals surface area contributed by atoms with E-state index < -0.39 is 0 Å². The number of amides is 1. The van der Waals surface area contributed by atoms with E-state index in [1.807, 2.05) is 11.0 Å². The van der Waals surface area contributed by atoms with Gasteiger partial charge in [-0.1, -0.05) is 18.2 Å². The van der Waals surface area contributed by atoms with Crippen LogP contribution in [0.3, 0.4) is 0 Å². The molecule has 0 radical (unpaired) electrons. The van der Waals surface area contributed by atoms with E-state index in [0.29, 0.717) is 24.7 Å². The maximum atomic E-state index is 13.8. The third kappa shape index (κ3) is 3.80. The summed E-state index contributed by atoms with van der Waals surface area (Å²) in [6.45, 7) is 4.52. The van der Waals surface area contributed by atoms with Crippen LogP contribution in [0.1, 0.15) is 18.4 Å². The lowest BCUT2D eigenvalue weighted by atomic mass is 10.2. The lowest BCUT2D eigenvalue weighted by molar-refractivity contribution is -0.133. The molecular weight excluding hydrogens is 269 g/mol. The molecule has 0 spiro atoms. The van der Waals surface area contributed by atoms with Crippen molar-refractivity contribution in [3.63, 3.8) is 0 Å². The van der Waals surface area contributed by atoms with Crippen molar-refractivity contribution >= 4 is 5.91 Å². The number of benzene rings is 1. The molecule has 0 unspecified atom stereocenters. The van der Waals surface area contributed by atoms with E-state index in [4.69, 9.17) is 0 Å². The predicted molar refractivity (Wildman–Crippen MR) is 79.3 cm³/mol. The van der Waals surface area contributed by atoms with E-state index >= 15 is 0 Å². The van der Waals surface area contributed by atoms with Crippen LogP contribution in [0.4, 0.5) is 4.39 Å². The van der Waals surface area contributed by atoms with Crippen molar-refractivity contribution < 1.29 is 9.18 Å². The lowest BCUT2D eigenvalue weighted by Crippen LogP contribution is -2.48.